The van der Waals surface area contributed by atoms with E-state index in [2.05, 4.69) is 0 Å². The summed E-state index contributed by atoms with van der Waals surface area (Å²) in [4.78, 5) is 22.6. The highest BCUT2D eigenvalue weighted by atomic mass is 35.5. The van der Waals surface area contributed by atoms with E-state index >= 15 is 0 Å². The Hall–Kier alpha value is -0.710. The van der Waals surface area contributed by atoms with Crippen LogP contribution in [0, 0.1) is 0 Å². The van der Waals surface area contributed by atoms with E-state index in [0.717, 1.165) is 4.90 Å². The van der Waals surface area contributed by atoms with Gasteiger partial charge in [0.25, 0.3) is 5.91 Å². The minimum atomic E-state index is -3.08. The van der Waals surface area contributed by atoms with Gasteiger partial charge < -0.3 is 4.90 Å². The van der Waals surface area contributed by atoms with Crippen LogP contribution in [0.5, 0.6) is 0 Å². The average Bonchev–Trinajstić information content (AvgIpc) is 2.11. The number of ketones is 1. The Morgan fingerprint density at radius 1 is 1.36 bits per heavy atom. The van der Waals surface area contributed by atoms with Gasteiger partial charge in [-0.05, 0) is 13.8 Å². The Balaban J connectivity index is 4.45. The highest BCUT2D eigenvalue weighted by molar-refractivity contribution is 6.28. The maximum absolute atomic E-state index is 12.1. The molecule has 82 valence electrons. The van der Waals surface area contributed by atoms with Gasteiger partial charge >= 0.3 is 6.43 Å². The van der Waals surface area contributed by atoms with Gasteiger partial charge in [0.1, 0.15) is 0 Å². The van der Waals surface area contributed by atoms with Crippen molar-refractivity contribution >= 4 is 23.3 Å². The lowest BCUT2D eigenvalue weighted by molar-refractivity contribution is -0.146. The van der Waals surface area contributed by atoms with Crippen LogP contribution in [0.4, 0.5) is 8.78 Å². The zero-order valence-electron chi connectivity index (χ0n) is 7.97. The molecule has 1 amide bonds. The van der Waals surface area contributed by atoms with Gasteiger partial charge in [-0.25, -0.2) is 0 Å². The summed E-state index contributed by atoms with van der Waals surface area (Å²) in [6.45, 7) is 2.76. The topological polar surface area (TPSA) is 37.4 Å². The maximum Gasteiger partial charge on any atom is 0.315 e. The molecule has 0 radical (unpaired) electrons. The third-order valence-electron chi connectivity index (χ3n) is 1.59. The monoisotopic (exact) mass is 227 g/mol. The van der Waals surface area contributed by atoms with Crippen LogP contribution in [0.3, 0.4) is 0 Å². The Kier molecular flexibility index (Phi) is 5.60. The summed E-state index contributed by atoms with van der Waals surface area (Å²) in [5.41, 5.74) is 0. The number of carbonyl (C=O) groups excluding carboxylic acids is 2. The van der Waals surface area contributed by atoms with Crippen molar-refractivity contribution in [1.82, 2.24) is 4.90 Å². The van der Waals surface area contributed by atoms with Crippen molar-refractivity contribution in [3.63, 3.8) is 0 Å². The molecular formula is C8H12ClF2NO2. The van der Waals surface area contributed by atoms with Crippen molar-refractivity contribution in [3.8, 4) is 0 Å². The van der Waals surface area contributed by atoms with Crippen LogP contribution < -0.4 is 0 Å². The Bertz CT molecular complexity index is 221. The van der Waals surface area contributed by atoms with Gasteiger partial charge in [-0.2, -0.15) is 8.78 Å². The smallest absolute Gasteiger partial charge is 0.315 e. The fourth-order valence-corrected chi connectivity index (χ4v) is 0.957. The van der Waals surface area contributed by atoms with Crippen molar-refractivity contribution in [2.24, 2.45) is 0 Å². The lowest BCUT2D eigenvalue weighted by Crippen LogP contribution is -2.44. The third kappa shape index (κ3) is 4.00. The van der Waals surface area contributed by atoms with E-state index in [9.17, 15) is 18.4 Å². The zero-order valence-corrected chi connectivity index (χ0v) is 8.72. The Morgan fingerprint density at radius 3 is 2.14 bits per heavy atom. The molecule has 14 heavy (non-hydrogen) atoms. The number of hydrogen-bond donors (Lipinski definition) is 0. The third-order valence-corrected chi connectivity index (χ3v) is 1.89. The number of nitrogens with zero attached hydrogens (tertiary/aromatic N) is 1. The molecule has 0 saturated carbocycles. The van der Waals surface area contributed by atoms with Crippen molar-refractivity contribution in [3.05, 3.63) is 0 Å². The summed E-state index contributed by atoms with van der Waals surface area (Å²) in [5.74, 6) is -2.06. The molecule has 0 aliphatic rings. The molecule has 0 aliphatic heterocycles. The van der Waals surface area contributed by atoms with Gasteiger partial charge in [-0.3, -0.25) is 9.59 Å². The first-order valence-electron chi connectivity index (χ1n) is 4.06. The van der Waals surface area contributed by atoms with Gasteiger partial charge in [0.15, 0.2) is 5.78 Å². The summed E-state index contributed by atoms with van der Waals surface area (Å²) >= 11 is 5.21. The molecule has 0 saturated heterocycles. The van der Waals surface area contributed by atoms with Crippen molar-refractivity contribution in [2.45, 2.75) is 26.3 Å². The molecule has 0 aromatic rings. The lowest BCUT2D eigenvalue weighted by atomic mass is 10.3. The van der Waals surface area contributed by atoms with Crippen LogP contribution in [0.25, 0.3) is 0 Å². The van der Waals surface area contributed by atoms with E-state index in [1.807, 2.05) is 0 Å². The van der Waals surface area contributed by atoms with Crippen LogP contribution in [0.1, 0.15) is 13.8 Å². The molecule has 0 heterocycles. The second kappa shape index (κ2) is 5.90. The molecule has 0 aliphatic carbocycles. The molecule has 0 rings (SSSR count). The van der Waals surface area contributed by atoms with Crippen molar-refractivity contribution in [1.29, 1.82) is 0 Å². The van der Waals surface area contributed by atoms with E-state index in [4.69, 9.17) is 11.6 Å². The van der Waals surface area contributed by atoms with Gasteiger partial charge in [-0.1, -0.05) is 0 Å². The molecule has 0 N–H and O–H groups in total. The summed E-state index contributed by atoms with van der Waals surface area (Å²) in [6.07, 6.45) is -3.08. The van der Waals surface area contributed by atoms with E-state index in [1.165, 1.54) is 0 Å². The predicted octanol–water partition coefficient (Wildman–Crippen LogP) is 1.30. The summed E-state index contributed by atoms with van der Waals surface area (Å²) in [7, 11) is 0. The average molecular weight is 228 g/mol. The lowest BCUT2D eigenvalue weighted by Gasteiger charge is -2.25. The first-order chi connectivity index (χ1) is 6.40. The minimum Gasteiger partial charge on any atom is -0.328 e. The molecule has 3 nitrogen and oxygen atoms in total. The molecule has 6 heteroatoms. The molecule has 0 atom stereocenters. The number of hydrogen-bond acceptors (Lipinski definition) is 2. The first kappa shape index (κ1) is 13.3. The highest BCUT2D eigenvalue weighted by Gasteiger charge is 2.26. The number of amides is 1. The van der Waals surface area contributed by atoms with E-state index < -0.39 is 24.2 Å². The Morgan fingerprint density at radius 2 is 1.86 bits per heavy atom. The predicted molar refractivity (Wildman–Crippen MR) is 48.6 cm³/mol. The van der Waals surface area contributed by atoms with Crippen molar-refractivity contribution < 1.29 is 18.4 Å². The quantitative estimate of drug-likeness (QED) is 0.664. The van der Waals surface area contributed by atoms with Crippen LogP contribution in [0.2, 0.25) is 0 Å². The summed E-state index contributed by atoms with van der Waals surface area (Å²) in [6, 6.07) is -0.441. The Labute approximate surface area is 86.0 Å². The number of halogens is 3. The second-order valence-corrected chi connectivity index (χ2v) is 3.30. The molecule has 0 aromatic carbocycles. The number of alkyl halides is 3. The fraction of sp³-hybridized carbons (Fsp3) is 0.750. The molecule has 0 bridgehead atoms. The normalized spacial score (nSPS) is 10.8. The fourth-order valence-electron chi connectivity index (χ4n) is 0.873. The SMILES string of the molecule is CC(C)N(CC(=O)CCl)C(=O)C(F)F. The van der Waals surface area contributed by atoms with E-state index in [0.29, 0.717) is 0 Å². The molecule has 0 fully saturated rings. The molecule has 0 unspecified atom stereocenters. The highest BCUT2D eigenvalue weighted by Crippen LogP contribution is 2.06. The minimum absolute atomic E-state index is 0.278. The largest absolute Gasteiger partial charge is 0.328 e. The molecule has 0 spiro atoms. The van der Waals surface area contributed by atoms with Gasteiger partial charge in [0.05, 0.1) is 12.4 Å². The van der Waals surface area contributed by atoms with Crippen LogP contribution in [-0.2, 0) is 9.59 Å². The number of carbonyl (C=O) groups is 2. The van der Waals surface area contributed by atoms with E-state index in [-0.39, 0.29) is 12.4 Å². The van der Waals surface area contributed by atoms with Gasteiger partial charge in [0, 0.05) is 6.04 Å². The zero-order chi connectivity index (χ0) is 11.3. The second-order valence-electron chi connectivity index (χ2n) is 3.03. The summed E-state index contributed by atoms with van der Waals surface area (Å²) in [5, 5.41) is 0. The first-order valence-corrected chi connectivity index (χ1v) is 4.59. The summed E-state index contributed by atoms with van der Waals surface area (Å²) < 4.78 is 24.1. The number of Topliss-reactive ketones (excluding diaryl/α,β-unsaturated/α-hetero) is 1. The number of rotatable bonds is 5. The van der Waals surface area contributed by atoms with Crippen LogP contribution in [0.15, 0.2) is 0 Å². The van der Waals surface area contributed by atoms with Crippen molar-refractivity contribution in [2.75, 3.05) is 12.4 Å². The van der Waals surface area contributed by atoms with Gasteiger partial charge in [0.2, 0.25) is 0 Å². The standard InChI is InChI=1S/C8H12ClF2NO2/c1-5(2)12(4-6(13)3-9)8(14)7(10)11/h5,7H,3-4H2,1-2H3. The maximum atomic E-state index is 12.1. The molecule has 0 aromatic heterocycles. The van der Waals surface area contributed by atoms with Crippen LogP contribution in [-0.4, -0.2) is 41.5 Å². The van der Waals surface area contributed by atoms with Crippen LogP contribution >= 0.6 is 11.6 Å². The molecular weight excluding hydrogens is 216 g/mol. The van der Waals surface area contributed by atoms with Gasteiger partial charge in [-0.15, -0.1) is 11.6 Å². The van der Waals surface area contributed by atoms with E-state index in [1.54, 1.807) is 13.8 Å².